The molecule has 1 atom stereocenters. The van der Waals surface area contributed by atoms with Gasteiger partial charge in [0.05, 0.1) is 57.4 Å². The predicted molar refractivity (Wildman–Crippen MR) is 160 cm³/mol. The Kier molecular flexibility index (Phi) is 10.4. The van der Waals surface area contributed by atoms with Crippen molar-refractivity contribution in [2.45, 2.75) is 19.5 Å². The van der Waals surface area contributed by atoms with Crippen LogP contribution in [0, 0.1) is 0 Å². The molecule has 11 nitrogen and oxygen atoms in total. The number of aromatic nitrogens is 2. The topological polar surface area (TPSA) is 151 Å². The van der Waals surface area contributed by atoms with Crippen molar-refractivity contribution in [1.82, 2.24) is 14.9 Å². The lowest BCUT2D eigenvalue weighted by Gasteiger charge is -2.21. The first-order chi connectivity index (χ1) is 19.8. The van der Waals surface area contributed by atoms with Gasteiger partial charge >= 0.3 is 11.7 Å². The standard InChI is InChI=1S/C26H23N3O6.C5H14NO/c1-15(17-5-7-18(8-6-17)25(32)33)29-24(31)21-13-19(9-12-22(21)28-26(29)34)23(30)27-14-16-3-10-20(35-2)11-4-16;1-6(2,3)4-5-7/h3-13,15H,14H2,1-2H3,(H,27,30)(H,28,34)(H,32,33);7H,4-5H2,1-3H3/q;+1. The van der Waals surface area contributed by atoms with Gasteiger partial charge in [-0.3, -0.25) is 14.2 Å². The number of carbonyl (C=O) groups excluding carboxylic acids is 1. The minimum Gasteiger partial charge on any atom is -0.497 e. The van der Waals surface area contributed by atoms with Gasteiger partial charge in [0.2, 0.25) is 0 Å². The molecule has 0 aliphatic heterocycles. The van der Waals surface area contributed by atoms with Gasteiger partial charge in [-0.05, 0) is 60.5 Å². The molecule has 1 heterocycles. The third kappa shape index (κ3) is 8.15. The molecule has 0 aliphatic rings. The molecule has 4 rings (SSSR count). The highest BCUT2D eigenvalue weighted by Crippen LogP contribution is 2.17. The average molecular weight is 578 g/mol. The van der Waals surface area contributed by atoms with E-state index >= 15 is 0 Å². The molecule has 222 valence electrons. The SMILES string of the molecule is COc1ccc(CNC(=O)c2ccc3[nH]c(=O)n(C(C)c4ccc(C(=O)O)cc4)c(=O)c3c2)cc1.C[N+](C)(C)CCO. The van der Waals surface area contributed by atoms with Crippen molar-refractivity contribution in [3.05, 3.63) is 110 Å². The zero-order chi connectivity index (χ0) is 31.0. The van der Waals surface area contributed by atoms with Crippen LogP contribution in [-0.4, -0.2) is 77.5 Å². The summed E-state index contributed by atoms with van der Waals surface area (Å²) >= 11 is 0. The van der Waals surface area contributed by atoms with Gasteiger partial charge in [-0.25, -0.2) is 9.59 Å². The number of nitrogens with one attached hydrogen (secondary N) is 2. The predicted octanol–water partition coefficient (Wildman–Crippen LogP) is 2.62. The number of carbonyl (C=O) groups is 2. The van der Waals surface area contributed by atoms with Crippen LogP contribution in [0.15, 0.2) is 76.3 Å². The molecule has 1 aromatic heterocycles. The molecule has 4 N–H and O–H groups in total. The minimum absolute atomic E-state index is 0.103. The molecule has 4 aromatic rings. The van der Waals surface area contributed by atoms with Crippen LogP contribution >= 0.6 is 0 Å². The second-order valence-corrected chi connectivity index (χ2v) is 10.7. The number of carboxylic acid groups (broad SMARTS) is 1. The molecule has 0 radical (unpaired) electrons. The van der Waals surface area contributed by atoms with Crippen molar-refractivity contribution >= 4 is 22.8 Å². The van der Waals surface area contributed by atoms with E-state index in [0.29, 0.717) is 23.4 Å². The van der Waals surface area contributed by atoms with E-state index in [1.54, 1.807) is 44.4 Å². The zero-order valence-electron chi connectivity index (χ0n) is 24.4. The fraction of sp³-hybridized carbons (Fsp3) is 0.290. The molecule has 42 heavy (non-hydrogen) atoms. The number of methoxy groups -OCH3 is 1. The summed E-state index contributed by atoms with van der Waals surface area (Å²) < 4.78 is 7.02. The second kappa shape index (κ2) is 13.7. The Balaban J connectivity index is 0.000000616. The van der Waals surface area contributed by atoms with Gasteiger partial charge in [0.25, 0.3) is 11.5 Å². The van der Waals surface area contributed by atoms with Crippen molar-refractivity contribution in [1.29, 1.82) is 0 Å². The summed E-state index contributed by atoms with van der Waals surface area (Å²) in [6.07, 6.45) is 0. The van der Waals surface area contributed by atoms with Crippen LogP contribution in [0.3, 0.4) is 0 Å². The average Bonchev–Trinajstić information content (AvgIpc) is 2.95. The smallest absolute Gasteiger partial charge is 0.335 e. The number of rotatable bonds is 9. The quantitative estimate of drug-likeness (QED) is 0.223. The second-order valence-electron chi connectivity index (χ2n) is 10.7. The van der Waals surface area contributed by atoms with Crippen molar-refractivity contribution in [2.24, 2.45) is 0 Å². The molecule has 0 bridgehead atoms. The summed E-state index contributed by atoms with van der Waals surface area (Å²) in [6, 6.07) is 17.1. The normalized spacial score (nSPS) is 11.8. The van der Waals surface area contributed by atoms with Crippen molar-refractivity contribution in [3.8, 4) is 5.75 Å². The number of fused-ring (bicyclic) bond motifs is 1. The van der Waals surface area contributed by atoms with Gasteiger partial charge in [-0.15, -0.1) is 0 Å². The number of carboxylic acids is 1. The highest BCUT2D eigenvalue weighted by molar-refractivity contribution is 5.97. The van der Waals surface area contributed by atoms with Crippen molar-refractivity contribution < 1.29 is 29.0 Å². The van der Waals surface area contributed by atoms with Crippen LogP contribution in [0.1, 0.15) is 44.8 Å². The van der Waals surface area contributed by atoms with E-state index in [-0.39, 0.29) is 29.0 Å². The van der Waals surface area contributed by atoms with E-state index < -0.39 is 23.3 Å². The Labute approximate surface area is 243 Å². The highest BCUT2D eigenvalue weighted by Gasteiger charge is 2.17. The van der Waals surface area contributed by atoms with Gasteiger partial charge in [-0.2, -0.15) is 0 Å². The third-order valence-corrected chi connectivity index (χ3v) is 6.60. The lowest BCUT2D eigenvalue weighted by molar-refractivity contribution is -0.870. The summed E-state index contributed by atoms with van der Waals surface area (Å²) in [5.41, 5.74) is 1.02. The molecule has 0 fully saturated rings. The fourth-order valence-electron chi connectivity index (χ4n) is 4.10. The van der Waals surface area contributed by atoms with E-state index in [2.05, 4.69) is 31.4 Å². The number of amides is 1. The number of likely N-dealkylation sites (N-methyl/N-ethyl adjacent to an activating group) is 1. The summed E-state index contributed by atoms with van der Waals surface area (Å²) in [7, 11) is 7.73. The van der Waals surface area contributed by atoms with E-state index in [0.717, 1.165) is 21.2 Å². The number of aliphatic hydroxyl groups is 1. The zero-order valence-corrected chi connectivity index (χ0v) is 24.4. The first kappa shape index (κ1) is 31.8. The number of aromatic carboxylic acids is 1. The van der Waals surface area contributed by atoms with Gasteiger partial charge in [0.1, 0.15) is 12.3 Å². The largest absolute Gasteiger partial charge is 0.497 e. The van der Waals surface area contributed by atoms with E-state index in [9.17, 15) is 19.2 Å². The number of hydrogen-bond donors (Lipinski definition) is 4. The minimum atomic E-state index is -1.07. The highest BCUT2D eigenvalue weighted by atomic mass is 16.5. The molecule has 0 saturated heterocycles. The van der Waals surface area contributed by atoms with Crippen LogP contribution in [0.2, 0.25) is 0 Å². The van der Waals surface area contributed by atoms with Crippen LogP contribution in [-0.2, 0) is 6.54 Å². The number of H-pyrrole nitrogens is 1. The number of hydrogen-bond acceptors (Lipinski definition) is 6. The Bertz CT molecular complexity index is 1650. The fourth-order valence-corrected chi connectivity index (χ4v) is 4.10. The van der Waals surface area contributed by atoms with Crippen molar-refractivity contribution in [2.75, 3.05) is 41.4 Å². The molecule has 1 unspecified atom stereocenters. The van der Waals surface area contributed by atoms with E-state index in [1.807, 2.05) is 12.1 Å². The molecule has 0 saturated carbocycles. The summed E-state index contributed by atoms with van der Waals surface area (Å²) in [4.78, 5) is 52.5. The Morgan fingerprint density at radius 3 is 2.12 bits per heavy atom. The Morgan fingerprint density at radius 2 is 1.60 bits per heavy atom. The van der Waals surface area contributed by atoms with Gasteiger partial charge in [-0.1, -0.05) is 24.3 Å². The van der Waals surface area contributed by atoms with Crippen LogP contribution < -0.4 is 21.3 Å². The molecular weight excluding hydrogens is 540 g/mol. The van der Waals surface area contributed by atoms with Crippen molar-refractivity contribution in [3.63, 3.8) is 0 Å². The maximum atomic E-state index is 13.3. The Hall–Kier alpha value is -4.74. The number of benzene rings is 3. The van der Waals surface area contributed by atoms with Gasteiger partial charge < -0.3 is 29.7 Å². The van der Waals surface area contributed by atoms with Crippen LogP contribution in [0.4, 0.5) is 0 Å². The lowest BCUT2D eigenvalue weighted by Crippen LogP contribution is -2.37. The molecule has 1 amide bonds. The molecule has 0 spiro atoms. The summed E-state index contributed by atoms with van der Waals surface area (Å²) in [6.45, 7) is 3.08. The molecular formula is C31H37N4O7+. The summed E-state index contributed by atoms with van der Waals surface area (Å²) in [5.74, 6) is -0.716. The summed E-state index contributed by atoms with van der Waals surface area (Å²) in [5, 5.41) is 20.5. The number of aliphatic hydroxyl groups excluding tert-OH is 1. The monoisotopic (exact) mass is 577 g/mol. The van der Waals surface area contributed by atoms with Crippen LogP contribution in [0.5, 0.6) is 5.75 Å². The van der Waals surface area contributed by atoms with E-state index in [1.165, 1.54) is 24.3 Å². The number of quaternary nitrogens is 1. The van der Waals surface area contributed by atoms with Gasteiger partial charge in [0, 0.05) is 12.1 Å². The molecule has 11 heteroatoms. The molecule has 3 aromatic carbocycles. The van der Waals surface area contributed by atoms with Gasteiger partial charge in [0.15, 0.2) is 0 Å². The first-order valence-corrected chi connectivity index (χ1v) is 13.3. The van der Waals surface area contributed by atoms with E-state index in [4.69, 9.17) is 14.9 Å². The third-order valence-electron chi connectivity index (χ3n) is 6.60. The first-order valence-electron chi connectivity index (χ1n) is 13.3. The maximum absolute atomic E-state index is 13.3. The lowest BCUT2D eigenvalue weighted by atomic mass is 10.1. The number of nitrogens with zero attached hydrogens (tertiary/aromatic N) is 2. The maximum Gasteiger partial charge on any atom is 0.335 e. The number of ether oxygens (including phenoxy) is 1. The Morgan fingerprint density at radius 1 is 0.976 bits per heavy atom. The molecule has 0 aliphatic carbocycles. The number of aromatic amines is 1. The van der Waals surface area contributed by atoms with Crippen LogP contribution in [0.25, 0.3) is 10.9 Å².